The number of carboxylic acid groups (broad SMARTS) is 2. The Morgan fingerprint density at radius 3 is 1.82 bits per heavy atom. The lowest BCUT2D eigenvalue weighted by Crippen LogP contribution is -2.13. The van der Waals surface area contributed by atoms with E-state index in [9.17, 15) is 14.4 Å². The first-order valence-corrected chi connectivity index (χ1v) is 6.62. The predicted octanol–water partition coefficient (Wildman–Crippen LogP) is 2.99. The maximum Gasteiger partial charge on any atom is 0.336 e. The molecule has 6 nitrogen and oxygen atoms in total. The summed E-state index contributed by atoms with van der Waals surface area (Å²) >= 11 is 0. The summed E-state index contributed by atoms with van der Waals surface area (Å²) < 4.78 is 4.92. The van der Waals surface area contributed by atoms with E-state index in [1.807, 2.05) is 13.8 Å². The lowest BCUT2D eigenvalue weighted by Gasteiger charge is -2.09. The van der Waals surface area contributed by atoms with Crippen LogP contribution in [-0.2, 0) is 9.53 Å². The van der Waals surface area contributed by atoms with Crippen LogP contribution in [0, 0.1) is 0 Å². The standard InChI is InChI=1S/C8H6O4.C8H14O2/c9-7(10)5-3-1-2-4-6(5)8(11)12;1-5-7(4)10-8(9)6(2)3/h1-4H,(H,9,10)(H,11,12);7H,2,5H2,1,3-4H3. The highest BCUT2D eigenvalue weighted by atomic mass is 16.5. The van der Waals surface area contributed by atoms with Crippen LogP contribution in [0.5, 0.6) is 0 Å². The first-order chi connectivity index (χ1) is 10.2. The highest BCUT2D eigenvalue weighted by molar-refractivity contribution is 6.01. The van der Waals surface area contributed by atoms with Crippen LogP contribution >= 0.6 is 0 Å². The van der Waals surface area contributed by atoms with E-state index in [1.54, 1.807) is 6.92 Å². The molecule has 1 atom stereocenters. The third-order valence-corrected chi connectivity index (χ3v) is 2.62. The zero-order valence-electron chi connectivity index (χ0n) is 12.8. The Labute approximate surface area is 129 Å². The zero-order chi connectivity index (χ0) is 17.3. The van der Waals surface area contributed by atoms with Crippen LogP contribution in [0.4, 0.5) is 0 Å². The van der Waals surface area contributed by atoms with Crippen LogP contribution in [0.15, 0.2) is 36.4 Å². The van der Waals surface area contributed by atoms with Crippen molar-refractivity contribution in [3.63, 3.8) is 0 Å². The number of benzene rings is 1. The highest BCUT2D eigenvalue weighted by Crippen LogP contribution is 2.07. The molecule has 1 aromatic carbocycles. The van der Waals surface area contributed by atoms with Crippen molar-refractivity contribution in [2.75, 3.05) is 0 Å². The van der Waals surface area contributed by atoms with E-state index in [4.69, 9.17) is 14.9 Å². The summed E-state index contributed by atoms with van der Waals surface area (Å²) in [6.45, 7) is 8.94. The molecule has 0 fully saturated rings. The smallest absolute Gasteiger partial charge is 0.336 e. The summed E-state index contributed by atoms with van der Waals surface area (Å²) in [6.07, 6.45) is 0.850. The largest absolute Gasteiger partial charge is 0.478 e. The number of hydrogen-bond donors (Lipinski definition) is 2. The first-order valence-electron chi connectivity index (χ1n) is 6.62. The molecular formula is C16H20O6. The number of carbonyl (C=O) groups excluding carboxylic acids is 1. The molecule has 1 aromatic rings. The van der Waals surface area contributed by atoms with Crippen molar-refractivity contribution < 1.29 is 29.3 Å². The van der Waals surface area contributed by atoms with Crippen LogP contribution in [0.3, 0.4) is 0 Å². The van der Waals surface area contributed by atoms with Gasteiger partial charge in [0.15, 0.2) is 0 Å². The van der Waals surface area contributed by atoms with Gasteiger partial charge in [-0.3, -0.25) is 0 Å². The Kier molecular flexibility index (Phi) is 8.22. The lowest BCUT2D eigenvalue weighted by molar-refractivity contribution is -0.143. The molecule has 6 heteroatoms. The van der Waals surface area contributed by atoms with Gasteiger partial charge < -0.3 is 14.9 Å². The van der Waals surface area contributed by atoms with Crippen molar-refractivity contribution >= 4 is 17.9 Å². The minimum atomic E-state index is -1.23. The summed E-state index contributed by atoms with van der Waals surface area (Å²) in [5, 5.41) is 17.1. The van der Waals surface area contributed by atoms with Crippen molar-refractivity contribution in [2.45, 2.75) is 33.3 Å². The average Bonchev–Trinajstić information content (AvgIpc) is 2.47. The molecule has 0 bridgehead atoms. The van der Waals surface area contributed by atoms with Crippen LogP contribution in [0.2, 0.25) is 0 Å². The Bertz CT molecular complexity index is 529. The summed E-state index contributed by atoms with van der Waals surface area (Å²) in [5.74, 6) is -2.75. The molecule has 0 saturated heterocycles. The Morgan fingerprint density at radius 2 is 1.55 bits per heavy atom. The average molecular weight is 308 g/mol. The van der Waals surface area contributed by atoms with Crippen molar-refractivity contribution in [1.29, 1.82) is 0 Å². The quantitative estimate of drug-likeness (QED) is 0.640. The number of rotatable bonds is 5. The normalized spacial score (nSPS) is 10.7. The highest BCUT2D eigenvalue weighted by Gasteiger charge is 2.13. The molecule has 0 amide bonds. The van der Waals surface area contributed by atoms with Gasteiger partial charge in [0.1, 0.15) is 0 Å². The molecule has 0 spiro atoms. The molecule has 120 valence electrons. The van der Waals surface area contributed by atoms with Gasteiger partial charge in [0.25, 0.3) is 0 Å². The second-order valence-electron chi connectivity index (χ2n) is 4.56. The molecule has 0 aliphatic heterocycles. The van der Waals surface area contributed by atoms with Crippen LogP contribution in [-0.4, -0.2) is 34.2 Å². The zero-order valence-corrected chi connectivity index (χ0v) is 12.8. The van der Waals surface area contributed by atoms with E-state index >= 15 is 0 Å². The van der Waals surface area contributed by atoms with Crippen molar-refractivity contribution in [2.24, 2.45) is 0 Å². The van der Waals surface area contributed by atoms with Gasteiger partial charge in [0.05, 0.1) is 17.2 Å². The topological polar surface area (TPSA) is 101 Å². The van der Waals surface area contributed by atoms with Gasteiger partial charge in [-0.05, 0) is 32.4 Å². The maximum absolute atomic E-state index is 10.8. The molecule has 0 saturated carbocycles. The molecule has 0 radical (unpaired) electrons. The molecule has 1 rings (SSSR count). The van der Waals surface area contributed by atoms with E-state index in [-0.39, 0.29) is 23.2 Å². The minimum Gasteiger partial charge on any atom is -0.478 e. The summed E-state index contributed by atoms with van der Waals surface area (Å²) in [6, 6.07) is 5.48. The lowest BCUT2D eigenvalue weighted by atomic mass is 10.1. The molecule has 0 aliphatic rings. The van der Waals surface area contributed by atoms with Crippen LogP contribution in [0.25, 0.3) is 0 Å². The number of aromatic carboxylic acids is 2. The molecule has 0 aromatic heterocycles. The fourth-order valence-corrected chi connectivity index (χ4v) is 1.22. The summed E-state index contributed by atoms with van der Waals surface area (Å²) in [5.41, 5.74) is 0.0790. The van der Waals surface area contributed by atoms with E-state index in [0.717, 1.165) is 6.42 Å². The molecule has 1 unspecified atom stereocenters. The second kappa shape index (κ2) is 9.33. The van der Waals surface area contributed by atoms with Crippen LogP contribution in [0.1, 0.15) is 47.9 Å². The van der Waals surface area contributed by atoms with E-state index in [0.29, 0.717) is 5.57 Å². The predicted molar refractivity (Wildman–Crippen MR) is 81.0 cm³/mol. The van der Waals surface area contributed by atoms with Gasteiger partial charge in [-0.15, -0.1) is 0 Å². The minimum absolute atomic E-state index is 0.00389. The van der Waals surface area contributed by atoms with E-state index in [1.165, 1.54) is 24.3 Å². The maximum atomic E-state index is 10.8. The van der Waals surface area contributed by atoms with E-state index < -0.39 is 11.9 Å². The van der Waals surface area contributed by atoms with Gasteiger partial charge in [0, 0.05) is 5.57 Å². The number of esters is 1. The molecule has 0 aliphatic carbocycles. The fraction of sp³-hybridized carbons (Fsp3) is 0.312. The van der Waals surface area contributed by atoms with Gasteiger partial charge in [-0.2, -0.15) is 0 Å². The molecule has 22 heavy (non-hydrogen) atoms. The Morgan fingerprint density at radius 1 is 1.14 bits per heavy atom. The third-order valence-electron chi connectivity index (χ3n) is 2.62. The molecule has 0 heterocycles. The van der Waals surface area contributed by atoms with Crippen LogP contribution < -0.4 is 0 Å². The monoisotopic (exact) mass is 308 g/mol. The number of carbonyl (C=O) groups is 3. The summed E-state index contributed by atoms with van der Waals surface area (Å²) in [7, 11) is 0. The van der Waals surface area contributed by atoms with Crippen molar-refractivity contribution in [3.05, 3.63) is 47.5 Å². The van der Waals surface area contributed by atoms with Gasteiger partial charge in [-0.1, -0.05) is 25.6 Å². The number of ether oxygens (including phenoxy) is 1. The number of carboxylic acids is 2. The third kappa shape index (κ3) is 6.69. The van der Waals surface area contributed by atoms with Gasteiger partial charge in [-0.25, -0.2) is 14.4 Å². The molecular weight excluding hydrogens is 288 g/mol. The van der Waals surface area contributed by atoms with Crippen molar-refractivity contribution in [1.82, 2.24) is 0 Å². The fourth-order valence-electron chi connectivity index (χ4n) is 1.22. The second-order valence-corrected chi connectivity index (χ2v) is 4.56. The Hall–Kier alpha value is -2.63. The van der Waals surface area contributed by atoms with Gasteiger partial charge in [0.2, 0.25) is 0 Å². The first kappa shape index (κ1) is 19.4. The van der Waals surface area contributed by atoms with Crippen molar-refractivity contribution in [3.8, 4) is 0 Å². The van der Waals surface area contributed by atoms with Gasteiger partial charge >= 0.3 is 17.9 Å². The molecule has 2 N–H and O–H groups in total. The number of hydrogen-bond acceptors (Lipinski definition) is 4. The summed E-state index contributed by atoms with van der Waals surface area (Å²) in [4.78, 5) is 31.7. The Balaban J connectivity index is 0.000000409. The SMILES string of the molecule is C=C(C)C(=O)OC(C)CC.O=C(O)c1ccccc1C(=O)O. The van der Waals surface area contributed by atoms with E-state index in [2.05, 4.69) is 6.58 Å².